The number of aliphatic hydroxyl groups excluding tert-OH is 1. The number of ether oxygens (including phenoxy) is 1. The summed E-state index contributed by atoms with van der Waals surface area (Å²) in [5, 5.41) is 11.1. The van der Waals surface area contributed by atoms with Crippen molar-refractivity contribution < 1.29 is 23.8 Å². The number of aromatic nitrogens is 3. The molecule has 1 aliphatic rings. The van der Waals surface area contributed by atoms with Gasteiger partial charge in [-0.25, -0.2) is 9.37 Å². The van der Waals surface area contributed by atoms with Gasteiger partial charge < -0.3 is 19.3 Å². The van der Waals surface area contributed by atoms with E-state index in [4.69, 9.17) is 4.74 Å². The largest absolute Gasteiger partial charge is 0.507 e. The molecule has 4 rings (SSSR count). The zero-order valence-electron chi connectivity index (χ0n) is 17.3. The molecule has 1 amide bonds. The molecule has 1 aliphatic heterocycles. The predicted molar refractivity (Wildman–Crippen MR) is 113 cm³/mol. The number of nitrogens with zero attached hydrogens (tertiary/aromatic N) is 4. The van der Waals surface area contributed by atoms with Crippen LogP contribution in [-0.4, -0.2) is 49.9 Å². The van der Waals surface area contributed by atoms with Crippen LogP contribution in [0, 0.1) is 5.82 Å². The van der Waals surface area contributed by atoms with Crippen LogP contribution in [0.25, 0.3) is 5.76 Å². The first-order chi connectivity index (χ1) is 15.5. The highest BCUT2D eigenvalue weighted by atomic mass is 19.1. The van der Waals surface area contributed by atoms with Crippen molar-refractivity contribution in [3.63, 3.8) is 0 Å². The number of rotatable bonds is 7. The van der Waals surface area contributed by atoms with Crippen LogP contribution in [0.5, 0.6) is 5.75 Å². The van der Waals surface area contributed by atoms with Gasteiger partial charge in [0.1, 0.15) is 17.3 Å². The Hall–Kier alpha value is -4.01. The summed E-state index contributed by atoms with van der Waals surface area (Å²) in [6, 6.07) is 6.15. The Balaban J connectivity index is 1.76. The molecule has 3 aromatic rings. The molecule has 0 spiro atoms. The summed E-state index contributed by atoms with van der Waals surface area (Å²) in [4.78, 5) is 35.4. The van der Waals surface area contributed by atoms with E-state index < -0.39 is 29.3 Å². The van der Waals surface area contributed by atoms with Crippen molar-refractivity contribution in [1.82, 2.24) is 19.4 Å². The summed E-state index contributed by atoms with van der Waals surface area (Å²) < 4.78 is 21.0. The SMILES string of the molecule is COc1ccc(F)cc1C(O)=C1C(=O)C(=O)N(CCCn2ccnc2)[C@@H]1c1cccnc1. The third-order valence-corrected chi connectivity index (χ3v) is 5.33. The van der Waals surface area contributed by atoms with Gasteiger partial charge in [-0.3, -0.25) is 14.6 Å². The second-order valence-corrected chi connectivity index (χ2v) is 7.28. The predicted octanol–water partition coefficient (Wildman–Crippen LogP) is 2.94. The van der Waals surface area contributed by atoms with Crippen LogP contribution < -0.4 is 4.74 Å². The highest BCUT2D eigenvalue weighted by Crippen LogP contribution is 2.40. The van der Waals surface area contributed by atoms with Gasteiger partial charge in [0.15, 0.2) is 0 Å². The summed E-state index contributed by atoms with van der Waals surface area (Å²) in [6.07, 6.45) is 8.81. The molecule has 0 bridgehead atoms. The van der Waals surface area contributed by atoms with Crippen molar-refractivity contribution >= 4 is 17.4 Å². The van der Waals surface area contributed by atoms with Crippen LogP contribution in [0.4, 0.5) is 4.39 Å². The lowest BCUT2D eigenvalue weighted by molar-refractivity contribution is -0.139. The number of ketones is 1. The van der Waals surface area contributed by atoms with Crippen LogP contribution >= 0.6 is 0 Å². The molecular weight excluding hydrogens is 415 g/mol. The van der Waals surface area contributed by atoms with Gasteiger partial charge in [-0.1, -0.05) is 6.07 Å². The van der Waals surface area contributed by atoms with Crippen molar-refractivity contribution in [2.45, 2.75) is 19.0 Å². The first-order valence-corrected chi connectivity index (χ1v) is 9.99. The molecule has 1 N–H and O–H groups in total. The van der Waals surface area contributed by atoms with Gasteiger partial charge in [0.25, 0.3) is 11.7 Å². The van der Waals surface area contributed by atoms with Gasteiger partial charge >= 0.3 is 0 Å². The van der Waals surface area contributed by atoms with E-state index in [1.807, 2.05) is 10.8 Å². The lowest BCUT2D eigenvalue weighted by Crippen LogP contribution is -2.31. The second kappa shape index (κ2) is 9.01. The number of benzene rings is 1. The van der Waals surface area contributed by atoms with Gasteiger partial charge in [-0.05, 0) is 36.2 Å². The number of aliphatic hydroxyl groups is 1. The van der Waals surface area contributed by atoms with Crippen molar-refractivity contribution in [2.75, 3.05) is 13.7 Å². The standard InChI is InChI=1S/C23H21FN4O4/c1-32-18-6-5-16(24)12-17(18)21(29)19-20(15-4-2-7-25-13-15)28(23(31)22(19)30)10-3-9-27-11-8-26-14-27/h2,4-8,11-14,20,29H,3,9-10H2,1H3/t20-/m1/s1. The molecule has 0 unspecified atom stereocenters. The molecule has 1 atom stereocenters. The topological polar surface area (TPSA) is 97.6 Å². The molecule has 8 nitrogen and oxygen atoms in total. The van der Waals surface area contributed by atoms with E-state index in [9.17, 15) is 19.1 Å². The fourth-order valence-corrected chi connectivity index (χ4v) is 3.85. The number of carbonyl (C=O) groups is 2. The van der Waals surface area contributed by atoms with Gasteiger partial charge in [-0.2, -0.15) is 0 Å². The van der Waals surface area contributed by atoms with Gasteiger partial charge in [0.2, 0.25) is 0 Å². The molecule has 32 heavy (non-hydrogen) atoms. The zero-order valence-corrected chi connectivity index (χ0v) is 17.3. The Morgan fingerprint density at radius 1 is 1.19 bits per heavy atom. The Kier molecular flexibility index (Phi) is 5.98. The molecule has 1 fully saturated rings. The van der Waals surface area contributed by atoms with E-state index in [1.165, 1.54) is 30.3 Å². The summed E-state index contributed by atoms with van der Waals surface area (Å²) in [5.41, 5.74) is 0.429. The lowest BCUT2D eigenvalue weighted by atomic mass is 9.96. The van der Waals surface area contributed by atoms with Crippen LogP contribution in [-0.2, 0) is 16.1 Å². The quantitative estimate of drug-likeness (QED) is 0.348. The minimum Gasteiger partial charge on any atom is -0.507 e. The molecule has 164 valence electrons. The fraction of sp³-hybridized carbons (Fsp3) is 0.217. The maximum atomic E-state index is 13.9. The van der Waals surface area contributed by atoms with Crippen LogP contribution in [0.3, 0.4) is 0 Å². The summed E-state index contributed by atoms with van der Waals surface area (Å²) >= 11 is 0. The molecule has 1 saturated heterocycles. The number of halogens is 1. The normalized spacial score (nSPS) is 17.7. The zero-order chi connectivity index (χ0) is 22.7. The Labute approximate surface area is 183 Å². The van der Waals surface area contributed by atoms with Crippen LogP contribution in [0.2, 0.25) is 0 Å². The van der Waals surface area contributed by atoms with Crippen molar-refractivity contribution in [3.05, 3.63) is 84.0 Å². The minimum absolute atomic E-state index is 0.00203. The molecule has 0 saturated carbocycles. The molecule has 0 radical (unpaired) electrons. The highest BCUT2D eigenvalue weighted by Gasteiger charge is 2.46. The fourth-order valence-electron chi connectivity index (χ4n) is 3.85. The summed E-state index contributed by atoms with van der Waals surface area (Å²) in [6.45, 7) is 0.861. The third-order valence-electron chi connectivity index (χ3n) is 5.33. The number of pyridine rings is 1. The monoisotopic (exact) mass is 436 g/mol. The summed E-state index contributed by atoms with van der Waals surface area (Å²) in [5.74, 6) is -2.50. The van der Waals surface area contributed by atoms with Crippen LogP contribution in [0.15, 0.2) is 67.0 Å². The van der Waals surface area contributed by atoms with E-state index in [0.717, 1.165) is 6.07 Å². The number of hydrogen-bond acceptors (Lipinski definition) is 6. The number of imidazole rings is 1. The maximum Gasteiger partial charge on any atom is 0.295 e. The number of amides is 1. The first-order valence-electron chi connectivity index (χ1n) is 9.99. The molecule has 2 aromatic heterocycles. The summed E-state index contributed by atoms with van der Waals surface area (Å²) in [7, 11) is 1.37. The van der Waals surface area contributed by atoms with E-state index in [0.29, 0.717) is 18.5 Å². The third kappa shape index (κ3) is 3.96. The Morgan fingerprint density at radius 3 is 2.72 bits per heavy atom. The van der Waals surface area contributed by atoms with Crippen molar-refractivity contribution in [1.29, 1.82) is 0 Å². The highest BCUT2D eigenvalue weighted by molar-refractivity contribution is 6.46. The van der Waals surface area contributed by atoms with E-state index in [-0.39, 0.29) is 23.4 Å². The first kappa shape index (κ1) is 21.2. The smallest absolute Gasteiger partial charge is 0.295 e. The number of likely N-dealkylation sites (tertiary alicyclic amines) is 1. The molecule has 3 heterocycles. The van der Waals surface area contributed by atoms with Gasteiger partial charge in [-0.15, -0.1) is 0 Å². The number of hydrogen-bond donors (Lipinski definition) is 1. The number of Topliss-reactive ketones (excluding diaryl/α,β-unsaturated/α-hetero) is 1. The number of methoxy groups -OCH3 is 1. The molecule has 1 aromatic carbocycles. The minimum atomic E-state index is -0.862. The van der Waals surface area contributed by atoms with E-state index in [2.05, 4.69) is 9.97 Å². The average Bonchev–Trinajstić information content (AvgIpc) is 3.41. The molecule has 0 aliphatic carbocycles. The average molecular weight is 436 g/mol. The van der Waals surface area contributed by atoms with Crippen molar-refractivity contribution in [2.24, 2.45) is 0 Å². The van der Waals surface area contributed by atoms with E-state index in [1.54, 1.807) is 30.9 Å². The van der Waals surface area contributed by atoms with Gasteiger partial charge in [0.05, 0.1) is 30.6 Å². The van der Waals surface area contributed by atoms with Gasteiger partial charge in [0, 0.05) is 37.9 Å². The maximum absolute atomic E-state index is 13.9. The lowest BCUT2D eigenvalue weighted by Gasteiger charge is -2.25. The Morgan fingerprint density at radius 2 is 2.03 bits per heavy atom. The number of aryl methyl sites for hydroxylation is 1. The van der Waals surface area contributed by atoms with Crippen LogP contribution in [0.1, 0.15) is 23.6 Å². The number of carbonyl (C=O) groups excluding carboxylic acids is 2. The Bertz CT molecular complexity index is 1160. The van der Waals surface area contributed by atoms with E-state index >= 15 is 0 Å². The van der Waals surface area contributed by atoms with Crippen molar-refractivity contribution in [3.8, 4) is 5.75 Å². The second-order valence-electron chi connectivity index (χ2n) is 7.28. The molecular formula is C23H21FN4O4. The molecule has 9 heteroatoms.